The van der Waals surface area contributed by atoms with E-state index in [2.05, 4.69) is 296 Å². The van der Waals surface area contributed by atoms with Crippen LogP contribution in [0.4, 0.5) is 0 Å². The minimum absolute atomic E-state index is 0.594. The third-order valence-corrected chi connectivity index (χ3v) is 17.4. The van der Waals surface area contributed by atoms with Gasteiger partial charge in [-0.2, -0.15) is 0 Å². The molecule has 0 aliphatic carbocycles. The topological polar surface area (TPSA) is 43.6 Å². The Kier molecular flexibility index (Phi) is 11.4. The van der Waals surface area contributed by atoms with Crippen molar-refractivity contribution in [3.63, 3.8) is 0 Å². The fourth-order valence-corrected chi connectivity index (χ4v) is 13.2. The molecule has 0 fully saturated rings. The first kappa shape index (κ1) is 47.4. The van der Waals surface area contributed by atoms with Crippen molar-refractivity contribution in [3.8, 4) is 95.5 Å². The fraction of sp³-hybridized carbons (Fsp3) is 0. The van der Waals surface area contributed by atoms with Crippen LogP contribution in [-0.4, -0.2) is 19.5 Å². The lowest BCUT2D eigenvalue weighted by Gasteiger charge is -2.17. The molecule has 0 bridgehead atoms. The Morgan fingerprint density at radius 3 is 1.24 bits per heavy atom. The molecule has 382 valence electrons. The molecule has 0 spiro atoms. The van der Waals surface area contributed by atoms with E-state index in [0.29, 0.717) is 17.5 Å². The van der Waals surface area contributed by atoms with Crippen LogP contribution in [-0.2, 0) is 0 Å². The number of hydrogen-bond acceptors (Lipinski definition) is 4. The van der Waals surface area contributed by atoms with Crippen LogP contribution in [0.5, 0.6) is 0 Å². The van der Waals surface area contributed by atoms with Crippen LogP contribution in [0.2, 0.25) is 0 Å². The van der Waals surface area contributed by atoms with Gasteiger partial charge in [0, 0.05) is 53.2 Å². The van der Waals surface area contributed by atoms with Gasteiger partial charge < -0.3 is 4.57 Å². The molecule has 0 saturated carbocycles. The van der Waals surface area contributed by atoms with Gasteiger partial charge in [-0.15, -0.1) is 11.3 Å². The van der Waals surface area contributed by atoms with Gasteiger partial charge in [0.1, 0.15) is 0 Å². The molecule has 82 heavy (non-hydrogen) atoms. The van der Waals surface area contributed by atoms with Crippen LogP contribution in [0.15, 0.2) is 291 Å². The first-order valence-corrected chi connectivity index (χ1v) is 28.6. The standard InChI is InChI=1S/C77H48N4S/c1-3-13-49(14-4-1)51-23-27-53(28-24-51)55-31-35-58(36-32-55)75-78-76(59-37-33-56(34-38-59)54-29-25-52(26-30-54)50-15-5-2-6-16-50)80-77(79-75)63-41-43-69(67(46-63)62-39-42-66-65-21-11-12-22-72(65)82-73(66)48-62)81-70-44-40-57-17-9-10-20-64(57)74(70)68-45-60-18-7-8-19-61(60)47-71(68)81/h1-48H. The number of hydrogen-bond donors (Lipinski definition) is 0. The van der Waals surface area contributed by atoms with Crippen LogP contribution < -0.4 is 0 Å². The van der Waals surface area contributed by atoms with Gasteiger partial charge in [0.15, 0.2) is 17.5 Å². The normalized spacial score (nSPS) is 11.7. The molecular formula is C77H48N4S. The molecule has 3 aromatic heterocycles. The number of rotatable bonds is 9. The van der Waals surface area contributed by atoms with E-state index >= 15 is 0 Å². The molecule has 16 aromatic rings. The average molecular weight is 1060 g/mol. The van der Waals surface area contributed by atoms with Crippen LogP contribution in [0, 0.1) is 0 Å². The summed E-state index contributed by atoms with van der Waals surface area (Å²) < 4.78 is 5.00. The molecule has 0 N–H and O–H groups in total. The summed E-state index contributed by atoms with van der Waals surface area (Å²) in [7, 11) is 0. The zero-order valence-corrected chi connectivity index (χ0v) is 45.2. The quantitative estimate of drug-likeness (QED) is 0.145. The number of nitrogens with zero attached hydrogens (tertiary/aromatic N) is 4. The number of aromatic nitrogens is 4. The second-order valence-corrected chi connectivity index (χ2v) is 22.2. The molecular weight excluding hydrogens is 1010 g/mol. The molecule has 0 amide bonds. The van der Waals surface area contributed by atoms with Crippen molar-refractivity contribution in [3.05, 3.63) is 291 Å². The Balaban J connectivity index is 0.868. The summed E-state index contributed by atoms with van der Waals surface area (Å²) in [6.07, 6.45) is 0. The van der Waals surface area contributed by atoms with Gasteiger partial charge in [-0.3, -0.25) is 0 Å². The van der Waals surface area contributed by atoms with Crippen LogP contribution >= 0.6 is 11.3 Å². The lowest BCUT2D eigenvalue weighted by Crippen LogP contribution is -2.02. The van der Waals surface area contributed by atoms with Gasteiger partial charge in [0.05, 0.1) is 16.7 Å². The Morgan fingerprint density at radius 2 is 0.671 bits per heavy atom. The maximum Gasteiger partial charge on any atom is 0.164 e. The highest BCUT2D eigenvalue weighted by molar-refractivity contribution is 7.25. The minimum atomic E-state index is 0.594. The van der Waals surface area contributed by atoms with E-state index in [0.717, 1.165) is 66.8 Å². The average Bonchev–Trinajstić information content (AvgIpc) is 4.32. The summed E-state index contributed by atoms with van der Waals surface area (Å²) in [5, 5.41) is 9.86. The van der Waals surface area contributed by atoms with E-state index in [1.54, 1.807) is 0 Å². The highest BCUT2D eigenvalue weighted by Gasteiger charge is 2.22. The van der Waals surface area contributed by atoms with Crippen molar-refractivity contribution >= 4 is 74.9 Å². The van der Waals surface area contributed by atoms with Gasteiger partial charge in [-0.05, 0) is 120 Å². The zero-order valence-electron chi connectivity index (χ0n) is 44.4. The third kappa shape index (κ3) is 8.34. The van der Waals surface area contributed by atoms with Crippen molar-refractivity contribution in [1.29, 1.82) is 0 Å². The molecule has 0 unspecified atom stereocenters. The number of thiophene rings is 1. The van der Waals surface area contributed by atoms with Gasteiger partial charge in [-0.25, -0.2) is 15.0 Å². The molecule has 4 nitrogen and oxygen atoms in total. The van der Waals surface area contributed by atoms with E-state index < -0.39 is 0 Å². The highest BCUT2D eigenvalue weighted by Crippen LogP contribution is 2.44. The van der Waals surface area contributed by atoms with Crippen molar-refractivity contribution < 1.29 is 0 Å². The molecule has 0 aliphatic heterocycles. The summed E-state index contributed by atoms with van der Waals surface area (Å²) in [5.41, 5.74) is 17.6. The molecule has 0 saturated heterocycles. The Morgan fingerprint density at radius 1 is 0.244 bits per heavy atom. The summed E-state index contributed by atoms with van der Waals surface area (Å²) >= 11 is 1.84. The monoisotopic (exact) mass is 1060 g/mol. The van der Waals surface area contributed by atoms with E-state index in [4.69, 9.17) is 15.0 Å². The van der Waals surface area contributed by atoms with Crippen molar-refractivity contribution in [1.82, 2.24) is 19.5 Å². The highest BCUT2D eigenvalue weighted by atomic mass is 32.1. The predicted molar refractivity (Wildman–Crippen MR) is 346 cm³/mol. The molecule has 0 radical (unpaired) electrons. The Hall–Kier alpha value is -10.6. The van der Waals surface area contributed by atoms with Crippen LogP contribution in [0.25, 0.3) is 159 Å². The zero-order chi connectivity index (χ0) is 54.1. The van der Waals surface area contributed by atoms with Gasteiger partial charge in [-0.1, -0.05) is 243 Å². The van der Waals surface area contributed by atoms with Crippen molar-refractivity contribution in [2.45, 2.75) is 0 Å². The maximum absolute atomic E-state index is 5.39. The van der Waals surface area contributed by atoms with Crippen molar-refractivity contribution in [2.75, 3.05) is 0 Å². The molecule has 16 rings (SSSR count). The first-order valence-electron chi connectivity index (χ1n) is 27.8. The molecule has 0 aliphatic rings. The van der Waals surface area contributed by atoms with E-state index in [-0.39, 0.29) is 0 Å². The van der Waals surface area contributed by atoms with Gasteiger partial charge in [0.25, 0.3) is 0 Å². The SMILES string of the molecule is c1ccc(-c2ccc(-c3ccc(-c4nc(-c5ccc(-c6ccc(-c7ccccc7)cc6)cc5)nc(-c5ccc(-n6c7cc8ccccc8cc7c7c8ccccc8ccc76)c(-c6ccc7c(c6)sc6ccccc67)c5)n4)cc3)cc2)cc1. The molecule has 3 heterocycles. The van der Waals surface area contributed by atoms with E-state index in [9.17, 15) is 0 Å². The summed E-state index contributed by atoms with van der Waals surface area (Å²) in [6, 6.07) is 105. The molecule has 5 heteroatoms. The fourth-order valence-electron chi connectivity index (χ4n) is 12.1. The minimum Gasteiger partial charge on any atom is -0.309 e. The second-order valence-electron chi connectivity index (χ2n) is 21.1. The summed E-state index contributed by atoms with van der Waals surface area (Å²) in [6.45, 7) is 0. The van der Waals surface area contributed by atoms with Crippen molar-refractivity contribution in [2.24, 2.45) is 0 Å². The van der Waals surface area contributed by atoms with Gasteiger partial charge >= 0.3 is 0 Å². The summed E-state index contributed by atoms with van der Waals surface area (Å²) in [5.74, 6) is 1.80. The first-order chi connectivity index (χ1) is 40.6. The number of benzene rings is 13. The van der Waals surface area contributed by atoms with E-state index in [1.165, 1.54) is 74.7 Å². The summed E-state index contributed by atoms with van der Waals surface area (Å²) in [4.78, 5) is 16.1. The lowest BCUT2D eigenvalue weighted by molar-refractivity contribution is 1.07. The lowest BCUT2D eigenvalue weighted by atomic mass is 9.98. The Labute approximate surface area is 478 Å². The third-order valence-electron chi connectivity index (χ3n) is 16.3. The van der Waals surface area contributed by atoms with Crippen LogP contribution in [0.1, 0.15) is 0 Å². The molecule has 13 aromatic carbocycles. The largest absolute Gasteiger partial charge is 0.309 e. The Bertz CT molecular complexity index is 4960. The van der Waals surface area contributed by atoms with Crippen LogP contribution in [0.3, 0.4) is 0 Å². The predicted octanol–water partition coefficient (Wildman–Crippen LogP) is 21.0. The molecule has 0 atom stereocenters. The smallest absolute Gasteiger partial charge is 0.164 e. The maximum atomic E-state index is 5.39. The number of fused-ring (bicyclic) bond motifs is 9. The van der Waals surface area contributed by atoms with Gasteiger partial charge in [0.2, 0.25) is 0 Å². The van der Waals surface area contributed by atoms with E-state index in [1.807, 2.05) is 11.3 Å². The second kappa shape index (κ2) is 19.6.